The van der Waals surface area contributed by atoms with Gasteiger partial charge in [0.25, 0.3) is 0 Å². The van der Waals surface area contributed by atoms with E-state index in [-0.39, 0.29) is 26.1 Å². The highest BCUT2D eigenvalue weighted by atomic mass is 16.7. The standard InChI is InChI=1S/C52H88O10/c1-3-5-7-9-11-13-15-17-19-21-23-25-27-29-31-33-35-37-39-41-48(55)61-45(44-60-52-51(58)50(57)49(56)46(42-53)62-52)43-59-47(54)40-38-36-34-32-30-28-26-24-22-20-18-16-14-12-10-8-6-4-2/h5,7,11,13,17,19-20,22-23,25,29,31,45-46,49-53,56-58H,3-4,6,8-10,12,14-16,18,21,24,26-28,30,32-44H2,1-2H3/b7-5-,13-11-,19-17-,22-20-,25-23-,31-29-. The van der Waals surface area contributed by atoms with Gasteiger partial charge in [0.05, 0.1) is 13.2 Å². The maximum Gasteiger partial charge on any atom is 0.306 e. The van der Waals surface area contributed by atoms with E-state index in [0.29, 0.717) is 12.8 Å². The van der Waals surface area contributed by atoms with E-state index in [1.807, 2.05) is 0 Å². The summed E-state index contributed by atoms with van der Waals surface area (Å²) in [7, 11) is 0. The van der Waals surface area contributed by atoms with E-state index in [9.17, 15) is 30.0 Å². The average Bonchev–Trinajstić information content (AvgIpc) is 3.27. The number of hydrogen-bond donors (Lipinski definition) is 4. The van der Waals surface area contributed by atoms with Crippen molar-refractivity contribution >= 4 is 11.9 Å². The maximum absolute atomic E-state index is 12.8. The van der Waals surface area contributed by atoms with Crippen LogP contribution in [0.25, 0.3) is 0 Å². The molecule has 62 heavy (non-hydrogen) atoms. The minimum atomic E-state index is -1.61. The van der Waals surface area contributed by atoms with Gasteiger partial charge in [-0.3, -0.25) is 9.59 Å². The summed E-state index contributed by atoms with van der Waals surface area (Å²) in [6, 6.07) is 0. The van der Waals surface area contributed by atoms with E-state index in [2.05, 4.69) is 86.8 Å². The summed E-state index contributed by atoms with van der Waals surface area (Å²) in [5.41, 5.74) is 0. The number of aliphatic hydroxyl groups is 4. The van der Waals surface area contributed by atoms with E-state index in [1.54, 1.807) is 0 Å². The first-order chi connectivity index (χ1) is 30.3. The molecule has 1 fully saturated rings. The first-order valence-electron chi connectivity index (χ1n) is 24.5. The number of ether oxygens (including phenoxy) is 4. The van der Waals surface area contributed by atoms with Crippen molar-refractivity contribution in [3.63, 3.8) is 0 Å². The first kappa shape index (κ1) is 57.2. The highest BCUT2D eigenvalue weighted by Gasteiger charge is 2.44. The fourth-order valence-electron chi connectivity index (χ4n) is 6.97. The largest absolute Gasteiger partial charge is 0.462 e. The van der Waals surface area contributed by atoms with Crippen LogP contribution in [-0.2, 0) is 28.5 Å². The summed E-state index contributed by atoms with van der Waals surface area (Å²) < 4.78 is 22.2. The van der Waals surface area contributed by atoms with Crippen molar-refractivity contribution in [2.75, 3.05) is 19.8 Å². The van der Waals surface area contributed by atoms with Crippen molar-refractivity contribution in [2.24, 2.45) is 0 Å². The number of unbranched alkanes of at least 4 members (excludes halogenated alkanes) is 17. The predicted octanol–water partition coefficient (Wildman–Crippen LogP) is 11.2. The fourth-order valence-corrected chi connectivity index (χ4v) is 6.97. The highest BCUT2D eigenvalue weighted by Crippen LogP contribution is 2.22. The van der Waals surface area contributed by atoms with Crippen LogP contribution < -0.4 is 0 Å². The summed E-state index contributed by atoms with van der Waals surface area (Å²) in [6.45, 7) is 3.27. The molecule has 10 heteroatoms. The summed E-state index contributed by atoms with van der Waals surface area (Å²) in [4.78, 5) is 25.4. The monoisotopic (exact) mass is 873 g/mol. The Hall–Kier alpha value is -2.86. The molecule has 0 amide bonds. The van der Waals surface area contributed by atoms with Crippen LogP contribution in [0.4, 0.5) is 0 Å². The Balaban J connectivity index is 2.33. The fraction of sp³-hybridized carbons (Fsp3) is 0.731. The zero-order valence-corrected chi connectivity index (χ0v) is 38.8. The Morgan fingerprint density at radius 2 is 0.952 bits per heavy atom. The molecule has 1 rings (SSSR count). The molecule has 1 saturated heterocycles. The van der Waals surface area contributed by atoms with Crippen LogP contribution in [0.15, 0.2) is 72.9 Å². The number of hydrogen-bond acceptors (Lipinski definition) is 10. The Kier molecular flexibility index (Phi) is 38.8. The third-order valence-corrected chi connectivity index (χ3v) is 10.8. The molecule has 10 nitrogen and oxygen atoms in total. The van der Waals surface area contributed by atoms with Crippen LogP contribution in [0.5, 0.6) is 0 Å². The van der Waals surface area contributed by atoms with Crippen molar-refractivity contribution in [3.05, 3.63) is 72.9 Å². The number of carbonyl (C=O) groups excluding carboxylic acids is 2. The minimum absolute atomic E-state index is 0.187. The van der Waals surface area contributed by atoms with Crippen molar-refractivity contribution in [2.45, 2.75) is 224 Å². The van der Waals surface area contributed by atoms with Gasteiger partial charge in [-0.15, -0.1) is 0 Å². The molecule has 0 saturated carbocycles. The normalized spacial score (nSPS) is 20.3. The average molecular weight is 873 g/mol. The van der Waals surface area contributed by atoms with Crippen LogP contribution in [-0.4, -0.2) is 89.0 Å². The topological polar surface area (TPSA) is 152 Å². The van der Waals surface area contributed by atoms with Gasteiger partial charge < -0.3 is 39.4 Å². The second kappa shape index (κ2) is 42.1. The molecule has 0 aliphatic carbocycles. The molecule has 0 bridgehead atoms. The lowest BCUT2D eigenvalue weighted by Gasteiger charge is -2.39. The van der Waals surface area contributed by atoms with Gasteiger partial charge in [-0.25, -0.2) is 0 Å². The molecule has 4 N–H and O–H groups in total. The summed E-state index contributed by atoms with van der Waals surface area (Å²) in [5.74, 6) is -0.852. The van der Waals surface area contributed by atoms with E-state index >= 15 is 0 Å². The van der Waals surface area contributed by atoms with E-state index in [4.69, 9.17) is 18.9 Å². The van der Waals surface area contributed by atoms with E-state index in [0.717, 1.165) is 77.0 Å². The molecule has 0 spiro atoms. The van der Waals surface area contributed by atoms with Gasteiger partial charge in [0, 0.05) is 12.8 Å². The SMILES string of the molecule is CC/C=C\C/C=C\C/C=C\C/C=C\C/C=C\CCCCCC(=O)OC(COC(=O)CCCCCCCCC/C=C\CCCCCCCCC)COC1OC(CO)C(O)C(O)C1O. The molecule has 0 radical (unpaired) electrons. The molecule has 6 unspecified atom stereocenters. The smallest absolute Gasteiger partial charge is 0.306 e. The number of esters is 2. The van der Waals surface area contributed by atoms with Crippen LogP contribution >= 0.6 is 0 Å². The zero-order valence-electron chi connectivity index (χ0n) is 38.8. The molecule has 356 valence electrons. The number of carbonyl (C=O) groups is 2. The van der Waals surface area contributed by atoms with Crippen molar-refractivity contribution in [1.29, 1.82) is 0 Å². The van der Waals surface area contributed by atoms with Gasteiger partial charge in [0.15, 0.2) is 12.4 Å². The lowest BCUT2D eigenvalue weighted by Crippen LogP contribution is -2.59. The molecular formula is C52H88O10. The molecule has 1 aliphatic heterocycles. The Bertz CT molecular complexity index is 1240. The van der Waals surface area contributed by atoms with Crippen molar-refractivity contribution < 1.29 is 49.0 Å². The second-order valence-corrected chi connectivity index (χ2v) is 16.5. The van der Waals surface area contributed by atoms with Crippen LogP contribution in [0, 0.1) is 0 Å². The van der Waals surface area contributed by atoms with E-state index < -0.39 is 55.4 Å². The molecule has 6 atom stereocenters. The Morgan fingerprint density at radius 3 is 1.47 bits per heavy atom. The second-order valence-electron chi connectivity index (χ2n) is 16.5. The van der Waals surface area contributed by atoms with Gasteiger partial charge in [-0.2, -0.15) is 0 Å². The number of aliphatic hydroxyl groups excluding tert-OH is 4. The molecule has 0 aromatic heterocycles. The molecule has 0 aromatic rings. The highest BCUT2D eigenvalue weighted by molar-refractivity contribution is 5.70. The van der Waals surface area contributed by atoms with Gasteiger partial charge in [-0.05, 0) is 83.5 Å². The lowest BCUT2D eigenvalue weighted by atomic mass is 9.99. The summed E-state index contributed by atoms with van der Waals surface area (Å²) in [5, 5.41) is 40.2. The van der Waals surface area contributed by atoms with Crippen LogP contribution in [0.3, 0.4) is 0 Å². The Morgan fingerprint density at radius 1 is 0.516 bits per heavy atom. The third-order valence-electron chi connectivity index (χ3n) is 10.8. The maximum atomic E-state index is 12.8. The Labute approximate surface area is 376 Å². The van der Waals surface area contributed by atoms with Gasteiger partial charge >= 0.3 is 11.9 Å². The first-order valence-corrected chi connectivity index (χ1v) is 24.5. The van der Waals surface area contributed by atoms with E-state index in [1.165, 1.54) is 70.6 Å². The molecule has 1 aliphatic rings. The summed E-state index contributed by atoms with van der Waals surface area (Å²) >= 11 is 0. The van der Waals surface area contributed by atoms with Crippen LogP contribution in [0.2, 0.25) is 0 Å². The summed E-state index contributed by atoms with van der Waals surface area (Å²) in [6.07, 6.45) is 46.2. The van der Waals surface area contributed by atoms with Crippen LogP contribution in [0.1, 0.15) is 187 Å². The molecular weight excluding hydrogens is 785 g/mol. The quantitative estimate of drug-likeness (QED) is 0.0266. The van der Waals surface area contributed by atoms with Crippen molar-refractivity contribution in [3.8, 4) is 0 Å². The van der Waals surface area contributed by atoms with Gasteiger partial charge in [-0.1, -0.05) is 164 Å². The zero-order chi connectivity index (χ0) is 45.1. The van der Waals surface area contributed by atoms with Crippen molar-refractivity contribution in [1.82, 2.24) is 0 Å². The van der Waals surface area contributed by atoms with Gasteiger partial charge in [0.2, 0.25) is 0 Å². The molecule has 1 heterocycles. The number of allylic oxidation sites excluding steroid dienone is 12. The third kappa shape index (κ3) is 32.8. The lowest BCUT2D eigenvalue weighted by molar-refractivity contribution is -0.305. The van der Waals surface area contributed by atoms with Gasteiger partial charge in [0.1, 0.15) is 31.0 Å². The predicted molar refractivity (Wildman–Crippen MR) is 251 cm³/mol. The minimum Gasteiger partial charge on any atom is -0.462 e. The number of rotatable bonds is 40. The molecule has 0 aromatic carbocycles.